The van der Waals surface area contributed by atoms with E-state index in [-0.39, 0.29) is 36.8 Å². The van der Waals surface area contributed by atoms with E-state index < -0.39 is 30.1 Å². The van der Waals surface area contributed by atoms with Gasteiger partial charge in [0.1, 0.15) is 24.1 Å². The van der Waals surface area contributed by atoms with E-state index in [1.165, 1.54) is 0 Å². The van der Waals surface area contributed by atoms with Crippen molar-refractivity contribution in [1.29, 1.82) is 0 Å². The number of nitrogens with one attached hydrogen (secondary N) is 1. The van der Waals surface area contributed by atoms with E-state index in [1.807, 2.05) is 0 Å². The summed E-state index contributed by atoms with van der Waals surface area (Å²) in [6, 6.07) is 4.57. The molecule has 2 aliphatic heterocycles. The van der Waals surface area contributed by atoms with Crippen molar-refractivity contribution in [3.63, 3.8) is 0 Å². The van der Waals surface area contributed by atoms with Crippen LogP contribution in [0.3, 0.4) is 0 Å². The molecule has 2 fully saturated rings. The van der Waals surface area contributed by atoms with E-state index in [9.17, 15) is 19.4 Å². The normalized spacial score (nSPS) is 27.8. The fraction of sp³-hybridized carbons (Fsp3) is 0.435. The molecule has 6 rings (SSSR count). The first-order chi connectivity index (χ1) is 16.4. The Labute approximate surface area is 197 Å². The molecular weight excluding hydrogens is 469 g/mol. The zero-order valence-electron chi connectivity index (χ0n) is 17.8. The van der Waals surface area contributed by atoms with Crippen molar-refractivity contribution in [1.82, 2.24) is 15.0 Å². The fourth-order valence-electron chi connectivity index (χ4n) is 5.19. The molecule has 5 atom stereocenters. The molecule has 4 heterocycles. The van der Waals surface area contributed by atoms with Gasteiger partial charge in [0.2, 0.25) is 0 Å². The lowest BCUT2D eigenvalue weighted by Crippen LogP contribution is -2.34. The number of aromatic carboxylic acids is 1. The highest BCUT2D eigenvalue weighted by atomic mass is 35.5. The van der Waals surface area contributed by atoms with Crippen LogP contribution in [0.25, 0.3) is 11.2 Å². The summed E-state index contributed by atoms with van der Waals surface area (Å²) in [5.74, 6) is -1.82. The second-order valence-corrected chi connectivity index (χ2v) is 9.33. The molecule has 1 aliphatic carbocycles. The molecule has 178 valence electrons. The van der Waals surface area contributed by atoms with E-state index in [2.05, 4.69) is 15.0 Å². The lowest BCUT2D eigenvalue weighted by Gasteiger charge is -2.15. The fourth-order valence-corrected chi connectivity index (χ4v) is 5.42. The predicted octanol–water partition coefficient (Wildman–Crippen LogP) is 2.63. The van der Waals surface area contributed by atoms with Crippen molar-refractivity contribution >= 4 is 28.7 Å². The summed E-state index contributed by atoms with van der Waals surface area (Å²) in [6.45, 7) is 0.484. The molecule has 11 heteroatoms. The first-order valence-corrected chi connectivity index (χ1v) is 11.4. The molecule has 0 bridgehead atoms. The van der Waals surface area contributed by atoms with Crippen molar-refractivity contribution in [2.24, 2.45) is 0 Å². The highest BCUT2D eigenvalue weighted by Crippen LogP contribution is 2.39. The van der Waals surface area contributed by atoms with Gasteiger partial charge in [0.05, 0.1) is 35.0 Å². The van der Waals surface area contributed by atoms with Gasteiger partial charge in [0.25, 0.3) is 6.01 Å². The number of rotatable bonds is 5. The minimum absolute atomic E-state index is 0.0463. The average Bonchev–Trinajstić information content (AvgIpc) is 3.55. The Morgan fingerprint density at radius 2 is 2.06 bits per heavy atom. The van der Waals surface area contributed by atoms with E-state index >= 15 is 0 Å². The van der Waals surface area contributed by atoms with Gasteiger partial charge in [0, 0.05) is 0 Å². The molecule has 0 spiro atoms. The third-order valence-electron chi connectivity index (χ3n) is 6.79. The van der Waals surface area contributed by atoms with E-state index in [4.69, 9.17) is 25.8 Å². The first kappa shape index (κ1) is 21.7. The largest absolute Gasteiger partial charge is 0.478 e. The highest BCUT2D eigenvalue weighted by molar-refractivity contribution is 6.31. The summed E-state index contributed by atoms with van der Waals surface area (Å²) in [5, 5.41) is 19.5. The third-order valence-corrected chi connectivity index (χ3v) is 7.12. The number of hydrogen-bond acceptors (Lipinski definition) is 7. The number of aromatic nitrogens is 3. The molecule has 1 aromatic carbocycles. The van der Waals surface area contributed by atoms with E-state index in [0.29, 0.717) is 52.3 Å². The number of aromatic amines is 1. The number of aliphatic hydroxyl groups is 1. The number of nitrogens with zero attached hydrogens (tertiary/aromatic N) is 2. The number of ether oxygens (including phenoxy) is 3. The van der Waals surface area contributed by atoms with Crippen molar-refractivity contribution in [2.75, 3.05) is 13.2 Å². The minimum Gasteiger partial charge on any atom is -0.478 e. The number of imidazole rings is 1. The van der Waals surface area contributed by atoms with Crippen LogP contribution in [0.2, 0.25) is 5.02 Å². The van der Waals surface area contributed by atoms with Crippen LogP contribution in [-0.4, -0.2) is 68.8 Å². The quantitative estimate of drug-likeness (QED) is 0.499. The molecule has 3 aromatic rings. The Kier molecular flexibility index (Phi) is 5.21. The minimum atomic E-state index is -1.15. The van der Waals surface area contributed by atoms with Crippen LogP contribution < -0.4 is 4.74 Å². The molecule has 0 saturated carbocycles. The highest BCUT2D eigenvalue weighted by Gasteiger charge is 2.48. The van der Waals surface area contributed by atoms with Gasteiger partial charge in [0.15, 0.2) is 11.8 Å². The third kappa shape index (κ3) is 3.61. The zero-order valence-corrected chi connectivity index (χ0v) is 18.6. The van der Waals surface area contributed by atoms with Crippen molar-refractivity contribution < 1.29 is 33.6 Å². The Balaban J connectivity index is 1.23. The van der Waals surface area contributed by atoms with Gasteiger partial charge in [-0.25, -0.2) is 14.2 Å². The zero-order chi connectivity index (χ0) is 23.6. The number of H-pyrrole nitrogens is 1. The van der Waals surface area contributed by atoms with Crippen LogP contribution >= 0.6 is 11.6 Å². The van der Waals surface area contributed by atoms with Gasteiger partial charge < -0.3 is 29.4 Å². The van der Waals surface area contributed by atoms with E-state index in [1.54, 1.807) is 12.1 Å². The SMILES string of the molecule is O=C(O)c1cc(F)c2c(c1)CCC2Cc1nc2nc(O[C@@H]3CO[C@H]4[C@@H]3OC[C@H]4O)[nH]c2cc1Cl. The molecular formula is C23H21ClFN3O6. The predicted molar refractivity (Wildman–Crippen MR) is 117 cm³/mol. The van der Waals surface area contributed by atoms with Crippen molar-refractivity contribution in [2.45, 2.75) is 49.6 Å². The molecule has 1 unspecified atom stereocenters. The van der Waals surface area contributed by atoms with Crippen LogP contribution in [0.5, 0.6) is 6.01 Å². The second kappa shape index (κ2) is 8.16. The number of carbonyl (C=O) groups is 1. The van der Waals surface area contributed by atoms with Gasteiger partial charge in [-0.1, -0.05) is 11.6 Å². The van der Waals surface area contributed by atoms with Crippen LogP contribution in [0.4, 0.5) is 4.39 Å². The summed E-state index contributed by atoms with van der Waals surface area (Å²) in [7, 11) is 0. The molecule has 0 radical (unpaired) electrons. The maximum Gasteiger partial charge on any atom is 0.335 e. The van der Waals surface area contributed by atoms with E-state index in [0.717, 1.165) is 6.07 Å². The first-order valence-electron chi connectivity index (χ1n) is 11.1. The lowest BCUT2D eigenvalue weighted by molar-refractivity contribution is 0.00706. The Bertz CT molecular complexity index is 1300. The van der Waals surface area contributed by atoms with Gasteiger partial charge in [-0.15, -0.1) is 0 Å². The number of halogens is 2. The van der Waals surface area contributed by atoms with Crippen LogP contribution in [0.1, 0.15) is 39.5 Å². The van der Waals surface area contributed by atoms with Crippen molar-refractivity contribution in [3.05, 3.63) is 51.4 Å². The molecule has 2 aromatic heterocycles. The molecule has 2 saturated heterocycles. The van der Waals surface area contributed by atoms with Crippen LogP contribution in [0.15, 0.2) is 18.2 Å². The van der Waals surface area contributed by atoms with Gasteiger partial charge in [-0.2, -0.15) is 4.98 Å². The molecule has 3 N–H and O–H groups in total. The number of hydrogen-bond donors (Lipinski definition) is 3. The number of carboxylic acids is 1. The maximum atomic E-state index is 14.7. The average molecular weight is 490 g/mol. The Hall–Kier alpha value is -2.79. The molecule has 34 heavy (non-hydrogen) atoms. The maximum absolute atomic E-state index is 14.7. The number of aryl methyl sites for hydroxylation is 1. The summed E-state index contributed by atoms with van der Waals surface area (Å²) in [4.78, 5) is 23.3. The van der Waals surface area contributed by atoms with Gasteiger partial charge in [-0.05, 0) is 54.5 Å². The molecule has 0 amide bonds. The molecule has 3 aliphatic rings. The number of benzene rings is 1. The second-order valence-electron chi connectivity index (χ2n) is 8.93. The van der Waals surface area contributed by atoms with Crippen molar-refractivity contribution in [3.8, 4) is 6.01 Å². The number of carboxylic acid groups (broad SMARTS) is 1. The van der Waals surface area contributed by atoms with Crippen LogP contribution in [0, 0.1) is 5.82 Å². The molecule has 9 nitrogen and oxygen atoms in total. The summed E-state index contributed by atoms with van der Waals surface area (Å²) in [6.07, 6.45) is -0.175. The lowest BCUT2D eigenvalue weighted by atomic mass is 9.94. The number of fused-ring (bicyclic) bond motifs is 3. The summed E-state index contributed by atoms with van der Waals surface area (Å²) >= 11 is 6.49. The number of aliphatic hydroxyl groups excluding tert-OH is 1. The topological polar surface area (TPSA) is 127 Å². The summed E-state index contributed by atoms with van der Waals surface area (Å²) < 4.78 is 31.8. The Morgan fingerprint density at radius 3 is 2.88 bits per heavy atom. The summed E-state index contributed by atoms with van der Waals surface area (Å²) in [5.41, 5.74) is 2.79. The van der Waals surface area contributed by atoms with Gasteiger partial charge >= 0.3 is 5.97 Å². The Morgan fingerprint density at radius 1 is 1.24 bits per heavy atom. The monoisotopic (exact) mass is 489 g/mol. The van der Waals surface area contributed by atoms with Gasteiger partial charge in [-0.3, -0.25) is 0 Å². The van der Waals surface area contributed by atoms with Crippen LogP contribution in [-0.2, 0) is 22.3 Å². The number of pyridine rings is 1. The standard InChI is InChI=1S/C23H21ClFN3O6/c24-12-6-15-21(28-23(27-15)34-17-8-33-19-16(29)7-32-20(17)19)26-14(12)5-10-2-1-9-3-11(22(30)31)4-13(25)18(9)10/h3-4,6,10,16-17,19-20,29H,1-2,5,7-8H2,(H,30,31)(H,26,27,28)/t10?,16-,17-,19-,20-/m1/s1. The smallest absolute Gasteiger partial charge is 0.335 e.